The van der Waals surface area contributed by atoms with Gasteiger partial charge < -0.3 is 15.1 Å². The number of carbonyl (C=O) groups excluding carboxylic acids is 1. The third kappa shape index (κ3) is 5.57. The Morgan fingerprint density at radius 1 is 1.15 bits per heavy atom. The maximum Gasteiger partial charge on any atom is 0.322 e. The van der Waals surface area contributed by atoms with Crippen molar-refractivity contribution in [2.24, 2.45) is 0 Å². The molecule has 0 aliphatic heterocycles. The maximum atomic E-state index is 13.3. The number of nitro benzene ring substituents is 1. The van der Waals surface area contributed by atoms with Gasteiger partial charge in [0.05, 0.1) is 21.9 Å². The van der Waals surface area contributed by atoms with Gasteiger partial charge in [-0.25, -0.2) is 9.78 Å². The van der Waals surface area contributed by atoms with Gasteiger partial charge in [0, 0.05) is 37.5 Å². The maximum absolute atomic E-state index is 13.3. The second kappa shape index (κ2) is 10.9. The van der Waals surface area contributed by atoms with Crippen LogP contribution in [0.1, 0.15) is 32.1 Å². The third-order valence-corrected chi connectivity index (χ3v) is 5.56. The normalized spacial score (nSPS) is 12.0. The second-order valence-electron chi connectivity index (χ2n) is 8.35. The van der Waals surface area contributed by atoms with Crippen molar-refractivity contribution in [2.45, 2.75) is 32.9 Å². The molecule has 180 valence electrons. The summed E-state index contributed by atoms with van der Waals surface area (Å²) in [7, 11) is 3.83. The lowest BCUT2D eigenvalue weighted by molar-refractivity contribution is -0.384. The summed E-state index contributed by atoms with van der Waals surface area (Å²) in [5, 5.41) is 14.3. The highest BCUT2D eigenvalue weighted by Gasteiger charge is 2.26. The molecule has 1 unspecified atom stereocenters. The molecule has 10 heteroatoms. The molecule has 0 spiro atoms. The van der Waals surface area contributed by atoms with Crippen LogP contribution in [0, 0.1) is 10.1 Å². The molecule has 3 rings (SSSR count). The standard InChI is InChI=1S/C24H30N6O4/c1-5-14-29-22(26-21-9-7-6-8-20(21)23(29)31)17(2)28(16-15-27(3)4)24(32)25-18-10-12-19(13-11-18)30(33)34/h6-13,17H,5,14-16H2,1-4H3,(H,25,32). The summed E-state index contributed by atoms with van der Waals surface area (Å²) in [6.45, 7) is 5.32. The molecule has 0 radical (unpaired) electrons. The van der Waals surface area contributed by atoms with E-state index >= 15 is 0 Å². The molecule has 0 bridgehead atoms. The zero-order valence-corrected chi connectivity index (χ0v) is 19.9. The molecule has 1 N–H and O–H groups in total. The first kappa shape index (κ1) is 24.8. The van der Waals surface area contributed by atoms with E-state index in [0.717, 1.165) is 6.42 Å². The first-order chi connectivity index (χ1) is 16.2. The number of aromatic nitrogens is 2. The summed E-state index contributed by atoms with van der Waals surface area (Å²) in [5.74, 6) is 0.517. The lowest BCUT2D eigenvalue weighted by Crippen LogP contribution is -2.43. The number of likely N-dealkylation sites (N-methyl/N-ethyl adjacent to an activating group) is 1. The molecule has 0 aliphatic carbocycles. The fourth-order valence-electron chi connectivity index (χ4n) is 3.72. The van der Waals surface area contributed by atoms with Gasteiger partial charge in [-0.3, -0.25) is 19.5 Å². The monoisotopic (exact) mass is 466 g/mol. The van der Waals surface area contributed by atoms with Crippen LogP contribution in [0.3, 0.4) is 0 Å². The van der Waals surface area contributed by atoms with Crippen LogP contribution in [0.5, 0.6) is 0 Å². The van der Waals surface area contributed by atoms with Crippen LogP contribution in [-0.2, 0) is 6.54 Å². The van der Waals surface area contributed by atoms with Gasteiger partial charge in [-0.1, -0.05) is 19.1 Å². The van der Waals surface area contributed by atoms with Gasteiger partial charge in [-0.05, 0) is 51.7 Å². The van der Waals surface area contributed by atoms with E-state index in [0.29, 0.717) is 42.0 Å². The quantitative estimate of drug-likeness (QED) is 0.378. The summed E-state index contributed by atoms with van der Waals surface area (Å²) in [5.41, 5.74) is 0.845. The van der Waals surface area contributed by atoms with Crippen molar-refractivity contribution in [1.82, 2.24) is 19.4 Å². The van der Waals surface area contributed by atoms with Crippen LogP contribution < -0.4 is 10.9 Å². The first-order valence-electron chi connectivity index (χ1n) is 11.2. The van der Waals surface area contributed by atoms with Gasteiger partial charge in [-0.2, -0.15) is 0 Å². The van der Waals surface area contributed by atoms with Crippen molar-refractivity contribution >= 4 is 28.3 Å². The number of hydrogen-bond donors (Lipinski definition) is 1. The van der Waals surface area contributed by atoms with Gasteiger partial charge in [-0.15, -0.1) is 0 Å². The van der Waals surface area contributed by atoms with Gasteiger partial charge >= 0.3 is 6.03 Å². The Morgan fingerprint density at radius 2 is 1.82 bits per heavy atom. The van der Waals surface area contributed by atoms with E-state index in [1.807, 2.05) is 45.0 Å². The SMILES string of the molecule is CCCn1c(C(C)N(CCN(C)C)C(=O)Nc2ccc([N+](=O)[O-])cc2)nc2ccccc2c1=O. The minimum Gasteiger partial charge on any atom is -0.313 e. The highest BCUT2D eigenvalue weighted by molar-refractivity contribution is 5.89. The van der Waals surface area contributed by atoms with E-state index in [1.165, 1.54) is 24.3 Å². The highest BCUT2D eigenvalue weighted by atomic mass is 16.6. The van der Waals surface area contributed by atoms with Crippen molar-refractivity contribution in [2.75, 3.05) is 32.5 Å². The van der Waals surface area contributed by atoms with Crippen molar-refractivity contribution in [3.63, 3.8) is 0 Å². The molecule has 34 heavy (non-hydrogen) atoms. The number of fused-ring (bicyclic) bond motifs is 1. The Hall–Kier alpha value is -3.79. The summed E-state index contributed by atoms with van der Waals surface area (Å²) in [4.78, 5) is 45.3. The third-order valence-electron chi connectivity index (χ3n) is 5.56. The van der Waals surface area contributed by atoms with Crippen LogP contribution in [0.15, 0.2) is 53.3 Å². The zero-order valence-electron chi connectivity index (χ0n) is 19.9. The number of non-ortho nitro benzene ring substituents is 1. The number of benzene rings is 2. The Balaban J connectivity index is 1.98. The molecule has 2 amide bonds. The molecule has 3 aromatic rings. The molecule has 0 fully saturated rings. The predicted molar refractivity (Wildman–Crippen MR) is 132 cm³/mol. The van der Waals surface area contributed by atoms with Crippen molar-refractivity contribution in [3.05, 3.63) is 74.8 Å². The number of carbonyl (C=O) groups is 1. The minimum absolute atomic E-state index is 0.0558. The molecule has 1 heterocycles. The molecule has 0 saturated heterocycles. The number of amides is 2. The average molecular weight is 467 g/mol. The fourth-order valence-corrected chi connectivity index (χ4v) is 3.72. The van der Waals surface area contributed by atoms with E-state index in [9.17, 15) is 19.7 Å². The van der Waals surface area contributed by atoms with Gasteiger partial charge in [0.1, 0.15) is 5.82 Å². The number of nitrogens with one attached hydrogen (secondary N) is 1. The molecular weight excluding hydrogens is 436 g/mol. The number of urea groups is 1. The largest absolute Gasteiger partial charge is 0.322 e. The molecule has 1 atom stereocenters. The van der Waals surface area contributed by atoms with Crippen molar-refractivity contribution < 1.29 is 9.72 Å². The number of rotatable bonds is 9. The van der Waals surface area contributed by atoms with Crippen LogP contribution in [0.25, 0.3) is 10.9 Å². The fraction of sp³-hybridized carbons (Fsp3) is 0.375. The van der Waals surface area contributed by atoms with Crippen LogP contribution in [0.4, 0.5) is 16.2 Å². The Labute approximate surface area is 198 Å². The highest BCUT2D eigenvalue weighted by Crippen LogP contribution is 2.22. The van der Waals surface area contributed by atoms with Gasteiger partial charge in [0.25, 0.3) is 11.2 Å². The van der Waals surface area contributed by atoms with Crippen molar-refractivity contribution in [1.29, 1.82) is 0 Å². The van der Waals surface area contributed by atoms with E-state index in [1.54, 1.807) is 21.6 Å². The number of hydrogen-bond acceptors (Lipinski definition) is 6. The number of nitrogens with zero attached hydrogens (tertiary/aromatic N) is 5. The Kier molecular flexibility index (Phi) is 7.95. The molecule has 10 nitrogen and oxygen atoms in total. The van der Waals surface area contributed by atoms with E-state index in [2.05, 4.69) is 5.32 Å². The number of anilines is 1. The van der Waals surface area contributed by atoms with Crippen LogP contribution >= 0.6 is 0 Å². The van der Waals surface area contributed by atoms with Crippen LogP contribution in [0.2, 0.25) is 0 Å². The zero-order chi connectivity index (χ0) is 24.8. The van der Waals surface area contributed by atoms with E-state index < -0.39 is 11.0 Å². The van der Waals surface area contributed by atoms with Crippen LogP contribution in [-0.4, -0.2) is 57.5 Å². The summed E-state index contributed by atoms with van der Waals surface area (Å²) < 4.78 is 1.65. The molecule has 1 aromatic heterocycles. The lowest BCUT2D eigenvalue weighted by Gasteiger charge is -2.31. The Morgan fingerprint density at radius 3 is 2.44 bits per heavy atom. The predicted octanol–water partition coefficient (Wildman–Crippen LogP) is 3.87. The molecule has 0 aliphatic rings. The minimum atomic E-state index is -0.498. The molecule has 0 saturated carbocycles. The second-order valence-corrected chi connectivity index (χ2v) is 8.35. The van der Waals surface area contributed by atoms with Crippen molar-refractivity contribution in [3.8, 4) is 0 Å². The van der Waals surface area contributed by atoms with E-state index in [4.69, 9.17) is 4.98 Å². The Bertz CT molecular complexity index is 1220. The van der Waals surface area contributed by atoms with E-state index in [-0.39, 0.29) is 17.3 Å². The van der Waals surface area contributed by atoms with Gasteiger partial charge in [0.2, 0.25) is 0 Å². The smallest absolute Gasteiger partial charge is 0.313 e. The lowest BCUT2D eigenvalue weighted by atomic mass is 10.2. The summed E-state index contributed by atoms with van der Waals surface area (Å²) in [6.07, 6.45) is 0.742. The number of para-hydroxylation sites is 1. The summed E-state index contributed by atoms with van der Waals surface area (Å²) in [6, 6.07) is 12.0. The molecular formula is C24H30N6O4. The molecule has 2 aromatic carbocycles. The number of nitro groups is 1. The first-order valence-corrected chi connectivity index (χ1v) is 11.2. The summed E-state index contributed by atoms with van der Waals surface area (Å²) >= 11 is 0. The average Bonchev–Trinajstić information content (AvgIpc) is 2.81. The van der Waals surface area contributed by atoms with Gasteiger partial charge in [0.15, 0.2) is 0 Å². The topological polar surface area (TPSA) is 114 Å².